The molecule has 7 heteroatoms. The van der Waals surface area contributed by atoms with Gasteiger partial charge in [-0.2, -0.15) is 10.4 Å². The first kappa shape index (κ1) is 13.3. The maximum atomic E-state index is 8.48. The summed E-state index contributed by atoms with van der Waals surface area (Å²) in [4.78, 5) is 0. The van der Waals surface area contributed by atoms with Gasteiger partial charge in [0.2, 0.25) is 5.96 Å². The van der Waals surface area contributed by atoms with Crippen LogP contribution in [0.1, 0.15) is 5.56 Å². The van der Waals surface area contributed by atoms with E-state index in [-0.39, 0.29) is 12.6 Å². The number of ether oxygens (including phenoxy) is 2. The lowest BCUT2D eigenvalue weighted by atomic mass is 10.2. The molecule has 0 aliphatic carbocycles. The number of nitrogens with two attached hydrogens (primary N) is 2. The molecule has 0 saturated heterocycles. The van der Waals surface area contributed by atoms with Crippen molar-refractivity contribution in [3.8, 4) is 17.6 Å². The highest BCUT2D eigenvalue weighted by Gasteiger charge is 2.04. The third-order valence-electron chi connectivity index (χ3n) is 1.86. The van der Waals surface area contributed by atoms with Crippen molar-refractivity contribution in [3.05, 3.63) is 23.8 Å². The van der Waals surface area contributed by atoms with Gasteiger partial charge in [0.05, 0.1) is 13.3 Å². The van der Waals surface area contributed by atoms with Crippen molar-refractivity contribution in [2.24, 2.45) is 21.7 Å². The molecule has 0 saturated carbocycles. The highest BCUT2D eigenvalue weighted by Crippen LogP contribution is 2.27. The molecule has 0 atom stereocenters. The van der Waals surface area contributed by atoms with E-state index < -0.39 is 0 Å². The van der Waals surface area contributed by atoms with Crippen LogP contribution in [0.4, 0.5) is 0 Å². The first-order valence-electron chi connectivity index (χ1n) is 4.97. The molecule has 0 radical (unpaired) electrons. The molecule has 0 bridgehead atoms. The third-order valence-corrected chi connectivity index (χ3v) is 1.86. The van der Waals surface area contributed by atoms with Crippen molar-refractivity contribution in [3.63, 3.8) is 0 Å². The quantitative estimate of drug-likeness (QED) is 0.437. The molecule has 0 unspecified atom stereocenters. The summed E-state index contributed by atoms with van der Waals surface area (Å²) in [7, 11) is 1.52. The molecule has 7 nitrogen and oxygen atoms in total. The Bertz CT molecular complexity index is 501. The van der Waals surface area contributed by atoms with Gasteiger partial charge < -0.3 is 20.9 Å². The van der Waals surface area contributed by atoms with Crippen LogP contribution in [-0.4, -0.2) is 25.9 Å². The first-order chi connectivity index (χ1) is 8.67. The molecule has 0 fully saturated rings. The number of guanidine groups is 1. The molecule has 94 valence electrons. The standard InChI is InChI=1S/C11H13N5O2/c1-17-9-3-2-8(7-15-16-11(13)14)6-10(9)18-5-4-12/h2-3,6-7H,5H2,1H3,(H4,13,14,16). The van der Waals surface area contributed by atoms with E-state index in [0.717, 1.165) is 0 Å². The predicted octanol–water partition coefficient (Wildman–Crippen LogP) is 0.205. The van der Waals surface area contributed by atoms with Crippen LogP contribution in [0.2, 0.25) is 0 Å². The molecule has 1 aromatic carbocycles. The van der Waals surface area contributed by atoms with Crippen molar-refractivity contribution in [2.45, 2.75) is 0 Å². The molecule has 0 amide bonds. The van der Waals surface area contributed by atoms with E-state index in [4.69, 9.17) is 26.2 Å². The van der Waals surface area contributed by atoms with Crippen LogP contribution in [0.5, 0.6) is 11.5 Å². The zero-order valence-electron chi connectivity index (χ0n) is 9.83. The number of hydrogen-bond donors (Lipinski definition) is 2. The van der Waals surface area contributed by atoms with E-state index in [0.29, 0.717) is 17.1 Å². The maximum absolute atomic E-state index is 8.48. The Morgan fingerprint density at radius 3 is 2.83 bits per heavy atom. The van der Waals surface area contributed by atoms with E-state index in [9.17, 15) is 0 Å². The minimum absolute atomic E-state index is 0.0646. The van der Waals surface area contributed by atoms with E-state index in [2.05, 4.69) is 10.2 Å². The highest BCUT2D eigenvalue weighted by molar-refractivity contribution is 5.82. The fraction of sp³-hybridized carbons (Fsp3) is 0.182. The number of benzene rings is 1. The Balaban J connectivity index is 2.92. The van der Waals surface area contributed by atoms with Crippen LogP contribution in [0.3, 0.4) is 0 Å². The van der Waals surface area contributed by atoms with Gasteiger partial charge in [-0.15, -0.1) is 5.10 Å². The lowest BCUT2D eigenvalue weighted by Gasteiger charge is -2.08. The van der Waals surface area contributed by atoms with Crippen molar-refractivity contribution >= 4 is 12.2 Å². The Labute approximate surface area is 104 Å². The zero-order chi connectivity index (χ0) is 13.4. The summed E-state index contributed by atoms with van der Waals surface area (Å²) in [6, 6.07) is 7.00. The van der Waals surface area contributed by atoms with Crippen LogP contribution in [-0.2, 0) is 0 Å². The van der Waals surface area contributed by atoms with E-state index >= 15 is 0 Å². The fourth-order valence-corrected chi connectivity index (χ4v) is 1.16. The highest BCUT2D eigenvalue weighted by atomic mass is 16.5. The molecule has 1 aromatic rings. The van der Waals surface area contributed by atoms with Gasteiger partial charge in [0, 0.05) is 0 Å². The summed E-state index contributed by atoms with van der Waals surface area (Å²) in [5.41, 5.74) is 11.0. The second-order valence-electron chi connectivity index (χ2n) is 3.13. The van der Waals surface area contributed by atoms with E-state index in [1.807, 2.05) is 6.07 Å². The maximum Gasteiger partial charge on any atom is 0.211 e. The van der Waals surface area contributed by atoms with Crippen molar-refractivity contribution in [2.75, 3.05) is 13.7 Å². The van der Waals surface area contributed by atoms with Crippen molar-refractivity contribution in [1.82, 2.24) is 0 Å². The monoisotopic (exact) mass is 247 g/mol. The van der Waals surface area contributed by atoms with Gasteiger partial charge in [-0.1, -0.05) is 0 Å². The summed E-state index contributed by atoms with van der Waals surface area (Å²) in [5, 5.41) is 15.6. The molecular formula is C11H13N5O2. The van der Waals surface area contributed by atoms with Gasteiger partial charge in [0.15, 0.2) is 18.1 Å². The third kappa shape index (κ3) is 4.02. The number of rotatable bonds is 5. The molecular weight excluding hydrogens is 234 g/mol. The minimum atomic E-state index is -0.124. The van der Waals surface area contributed by atoms with Gasteiger partial charge >= 0.3 is 0 Å². The molecule has 0 aromatic heterocycles. The largest absolute Gasteiger partial charge is 0.493 e. The smallest absolute Gasteiger partial charge is 0.211 e. The molecule has 0 aliphatic rings. The van der Waals surface area contributed by atoms with Gasteiger partial charge in [0.25, 0.3) is 0 Å². The molecule has 1 rings (SSSR count). The SMILES string of the molecule is COc1ccc(C=NN=C(N)N)cc1OCC#N. The molecule has 18 heavy (non-hydrogen) atoms. The van der Waals surface area contributed by atoms with Crippen LogP contribution in [0, 0.1) is 11.3 Å². The van der Waals surface area contributed by atoms with Crippen LogP contribution in [0.15, 0.2) is 28.4 Å². The van der Waals surface area contributed by atoms with E-state index in [1.165, 1.54) is 13.3 Å². The van der Waals surface area contributed by atoms with Crippen LogP contribution >= 0.6 is 0 Å². The number of nitrogens with zero attached hydrogens (tertiary/aromatic N) is 3. The normalized spacial score (nSPS) is 9.78. The number of hydrogen-bond acceptors (Lipinski definition) is 5. The van der Waals surface area contributed by atoms with Crippen molar-refractivity contribution < 1.29 is 9.47 Å². The zero-order valence-corrected chi connectivity index (χ0v) is 9.83. The number of nitriles is 1. The minimum Gasteiger partial charge on any atom is -0.493 e. The Kier molecular flexibility index (Phi) is 4.99. The summed E-state index contributed by atoms with van der Waals surface area (Å²) in [5.74, 6) is 0.859. The summed E-state index contributed by atoms with van der Waals surface area (Å²) in [6.07, 6.45) is 1.46. The second-order valence-corrected chi connectivity index (χ2v) is 3.13. The average Bonchev–Trinajstić information content (AvgIpc) is 2.36. The van der Waals surface area contributed by atoms with Crippen molar-refractivity contribution in [1.29, 1.82) is 5.26 Å². The molecule has 0 heterocycles. The van der Waals surface area contributed by atoms with E-state index in [1.54, 1.807) is 18.2 Å². The molecule has 0 aliphatic heterocycles. The Hall–Kier alpha value is -2.75. The summed E-state index contributed by atoms with van der Waals surface area (Å²) < 4.78 is 10.3. The Morgan fingerprint density at radius 2 is 2.22 bits per heavy atom. The molecule has 0 spiro atoms. The fourth-order valence-electron chi connectivity index (χ4n) is 1.16. The lowest BCUT2D eigenvalue weighted by Crippen LogP contribution is -2.21. The van der Waals surface area contributed by atoms with Crippen LogP contribution < -0.4 is 20.9 Å². The molecule has 4 N–H and O–H groups in total. The number of methoxy groups -OCH3 is 1. The summed E-state index contributed by atoms with van der Waals surface area (Å²) >= 11 is 0. The topological polar surface area (TPSA) is 119 Å². The summed E-state index contributed by atoms with van der Waals surface area (Å²) in [6.45, 7) is -0.0646. The second kappa shape index (κ2) is 6.75. The van der Waals surface area contributed by atoms with Gasteiger partial charge in [-0.3, -0.25) is 0 Å². The average molecular weight is 247 g/mol. The van der Waals surface area contributed by atoms with Crippen LogP contribution in [0.25, 0.3) is 0 Å². The Morgan fingerprint density at radius 1 is 1.44 bits per heavy atom. The predicted molar refractivity (Wildman–Crippen MR) is 67.5 cm³/mol. The first-order valence-corrected chi connectivity index (χ1v) is 4.97. The van der Waals surface area contributed by atoms with Gasteiger partial charge in [0.1, 0.15) is 6.07 Å². The van der Waals surface area contributed by atoms with Gasteiger partial charge in [-0.05, 0) is 23.8 Å². The lowest BCUT2D eigenvalue weighted by molar-refractivity contribution is 0.329. The van der Waals surface area contributed by atoms with Gasteiger partial charge in [-0.25, -0.2) is 0 Å².